The lowest BCUT2D eigenvalue weighted by molar-refractivity contribution is 0.265. The van der Waals surface area contributed by atoms with Crippen LogP contribution < -0.4 is 0 Å². The highest BCUT2D eigenvalue weighted by atomic mass is 79.9. The Balaban J connectivity index is 1.92. The molecule has 1 unspecified atom stereocenters. The molecule has 1 saturated heterocycles. The summed E-state index contributed by atoms with van der Waals surface area (Å²) in [5.41, 5.74) is 1.21. The van der Waals surface area contributed by atoms with Gasteiger partial charge in [-0.25, -0.2) is 4.98 Å². The summed E-state index contributed by atoms with van der Waals surface area (Å²) < 4.78 is 0.948. The van der Waals surface area contributed by atoms with Crippen LogP contribution in [0.3, 0.4) is 0 Å². The van der Waals surface area contributed by atoms with Crippen LogP contribution in [-0.2, 0) is 6.42 Å². The number of likely N-dealkylation sites (tertiary alicyclic amines) is 1. The van der Waals surface area contributed by atoms with Crippen molar-refractivity contribution in [3.63, 3.8) is 0 Å². The molecular weight excluding hydrogens is 264 g/mol. The Bertz CT molecular complexity index is 352. The predicted molar refractivity (Wildman–Crippen MR) is 70.5 cm³/mol. The normalized spacial score (nSPS) is 21.9. The second-order valence-corrected chi connectivity index (χ2v) is 5.71. The van der Waals surface area contributed by atoms with Gasteiger partial charge >= 0.3 is 0 Å². The molecule has 0 amide bonds. The highest BCUT2D eigenvalue weighted by molar-refractivity contribution is 9.10. The van der Waals surface area contributed by atoms with Gasteiger partial charge in [-0.3, -0.25) is 0 Å². The van der Waals surface area contributed by atoms with E-state index in [2.05, 4.69) is 51.8 Å². The molecule has 1 atom stereocenters. The van der Waals surface area contributed by atoms with Gasteiger partial charge < -0.3 is 4.90 Å². The van der Waals surface area contributed by atoms with Gasteiger partial charge in [0.25, 0.3) is 0 Å². The Labute approximate surface area is 106 Å². The maximum Gasteiger partial charge on any atom is 0.106 e. The van der Waals surface area contributed by atoms with Crippen LogP contribution in [0.25, 0.3) is 0 Å². The highest BCUT2D eigenvalue weighted by Gasteiger charge is 2.24. The van der Waals surface area contributed by atoms with Crippen molar-refractivity contribution in [2.24, 2.45) is 5.92 Å². The van der Waals surface area contributed by atoms with Gasteiger partial charge in [-0.1, -0.05) is 6.07 Å². The van der Waals surface area contributed by atoms with Gasteiger partial charge in [0, 0.05) is 18.3 Å². The van der Waals surface area contributed by atoms with E-state index in [1.54, 1.807) is 0 Å². The summed E-state index contributed by atoms with van der Waals surface area (Å²) in [6.45, 7) is 7.03. The number of halogens is 1. The van der Waals surface area contributed by atoms with E-state index in [-0.39, 0.29) is 0 Å². The maximum absolute atomic E-state index is 4.50. The van der Waals surface area contributed by atoms with Gasteiger partial charge in [0.2, 0.25) is 0 Å². The van der Waals surface area contributed by atoms with Crippen LogP contribution >= 0.6 is 15.9 Å². The topological polar surface area (TPSA) is 16.1 Å². The molecule has 16 heavy (non-hydrogen) atoms. The summed E-state index contributed by atoms with van der Waals surface area (Å²) in [7, 11) is 0. The van der Waals surface area contributed by atoms with Gasteiger partial charge in [0.1, 0.15) is 4.60 Å². The first-order valence-electron chi connectivity index (χ1n) is 6.00. The minimum Gasteiger partial charge on any atom is -0.301 e. The fourth-order valence-electron chi connectivity index (χ4n) is 2.36. The molecule has 2 rings (SSSR count). The van der Waals surface area contributed by atoms with E-state index in [0.717, 1.165) is 16.9 Å². The zero-order chi connectivity index (χ0) is 11.5. The Kier molecular flexibility index (Phi) is 3.98. The van der Waals surface area contributed by atoms with Gasteiger partial charge in [0.15, 0.2) is 0 Å². The monoisotopic (exact) mass is 282 g/mol. The van der Waals surface area contributed by atoms with Gasteiger partial charge in [-0.05, 0) is 67.2 Å². The quantitative estimate of drug-likeness (QED) is 0.792. The number of rotatable bonds is 3. The van der Waals surface area contributed by atoms with Gasteiger partial charge in [-0.2, -0.15) is 0 Å². The molecule has 1 fully saturated rings. The maximum atomic E-state index is 4.50. The average Bonchev–Trinajstić information content (AvgIpc) is 2.66. The van der Waals surface area contributed by atoms with Crippen LogP contribution in [0.5, 0.6) is 0 Å². The van der Waals surface area contributed by atoms with Gasteiger partial charge in [-0.15, -0.1) is 0 Å². The van der Waals surface area contributed by atoms with Crippen LogP contribution in [0.1, 0.15) is 26.0 Å². The summed E-state index contributed by atoms with van der Waals surface area (Å²) in [5, 5.41) is 0. The summed E-state index contributed by atoms with van der Waals surface area (Å²) in [4.78, 5) is 7.06. The van der Waals surface area contributed by atoms with Crippen molar-refractivity contribution in [2.45, 2.75) is 32.7 Å². The molecule has 0 radical (unpaired) electrons. The van der Waals surface area contributed by atoms with Crippen molar-refractivity contribution in [2.75, 3.05) is 13.1 Å². The molecule has 0 N–H and O–H groups in total. The van der Waals surface area contributed by atoms with Crippen molar-refractivity contribution in [3.8, 4) is 0 Å². The Morgan fingerprint density at radius 1 is 1.50 bits per heavy atom. The van der Waals surface area contributed by atoms with Crippen molar-refractivity contribution >= 4 is 15.9 Å². The molecule has 0 aromatic carbocycles. The number of pyridine rings is 1. The molecule has 0 saturated carbocycles. The van der Waals surface area contributed by atoms with Crippen LogP contribution in [-0.4, -0.2) is 29.0 Å². The van der Waals surface area contributed by atoms with E-state index in [0.29, 0.717) is 6.04 Å². The molecule has 0 spiro atoms. The van der Waals surface area contributed by atoms with Gasteiger partial charge in [0.05, 0.1) is 0 Å². The Morgan fingerprint density at radius 2 is 2.31 bits per heavy atom. The molecule has 1 aromatic rings. The largest absolute Gasteiger partial charge is 0.301 e. The zero-order valence-corrected chi connectivity index (χ0v) is 11.6. The first-order valence-corrected chi connectivity index (χ1v) is 6.80. The van der Waals surface area contributed by atoms with Crippen molar-refractivity contribution < 1.29 is 0 Å². The third-order valence-electron chi connectivity index (χ3n) is 3.32. The van der Waals surface area contributed by atoms with E-state index < -0.39 is 0 Å². The lowest BCUT2D eigenvalue weighted by Crippen LogP contribution is -2.28. The minimum absolute atomic E-state index is 0.681. The summed E-state index contributed by atoms with van der Waals surface area (Å²) in [5.74, 6) is 0.782. The molecule has 0 aliphatic carbocycles. The third-order valence-corrected chi connectivity index (χ3v) is 3.76. The zero-order valence-electron chi connectivity index (χ0n) is 9.99. The predicted octanol–water partition coefficient (Wildman–Crippen LogP) is 3.12. The molecule has 88 valence electrons. The molecular formula is C13H19BrN2. The fraction of sp³-hybridized carbons (Fsp3) is 0.615. The first kappa shape index (κ1) is 12.1. The van der Waals surface area contributed by atoms with E-state index in [4.69, 9.17) is 0 Å². The number of hydrogen-bond acceptors (Lipinski definition) is 2. The lowest BCUT2D eigenvalue weighted by Gasteiger charge is -2.20. The summed E-state index contributed by atoms with van der Waals surface area (Å²) >= 11 is 3.43. The van der Waals surface area contributed by atoms with Crippen LogP contribution in [0.15, 0.2) is 22.8 Å². The Hall–Kier alpha value is -0.410. The van der Waals surface area contributed by atoms with Crippen LogP contribution in [0.4, 0.5) is 0 Å². The third kappa shape index (κ3) is 3.05. The Morgan fingerprint density at radius 3 is 2.94 bits per heavy atom. The van der Waals surface area contributed by atoms with Crippen molar-refractivity contribution in [3.05, 3.63) is 28.5 Å². The SMILES string of the molecule is CC(C)N1CCC(Cc2cccc(Br)n2)C1. The molecule has 1 aliphatic heterocycles. The van der Waals surface area contributed by atoms with Crippen LogP contribution in [0, 0.1) is 5.92 Å². The second-order valence-electron chi connectivity index (χ2n) is 4.90. The summed E-state index contributed by atoms with van der Waals surface area (Å²) in [6.07, 6.45) is 2.43. The smallest absolute Gasteiger partial charge is 0.106 e. The minimum atomic E-state index is 0.681. The number of hydrogen-bond donors (Lipinski definition) is 0. The van der Waals surface area contributed by atoms with E-state index >= 15 is 0 Å². The fourth-order valence-corrected chi connectivity index (χ4v) is 2.74. The van der Waals surface area contributed by atoms with E-state index in [1.807, 2.05) is 6.07 Å². The first-order chi connectivity index (χ1) is 7.65. The van der Waals surface area contributed by atoms with Crippen LogP contribution in [0.2, 0.25) is 0 Å². The lowest BCUT2D eigenvalue weighted by atomic mass is 10.0. The van der Waals surface area contributed by atoms with Crippen molar-refractivity contribution in [1.82, 2.24) is 9.88 Å². The average molecular weight is 283 g/mol. The number of nitrogens with zero attached hydrogens (tertiary/aromatic N) is 2. The van der Waals surface area contributed by atoms with Crippen molar-refractivity contribution in [1.29, 1.82) is 0 Å². The number of aromatic nitrogens is 1. The molecule has 1 aliphatic rings. The molecule has 0 bridgehead atoms. The molecule has 2 nitrogen and oxygen atoms in total. The molecule has 2 heterocycles. The van der Waals surface area contributed by atoms with E-state index in [9.17, 15) is 0 Å². The van der Waals surface area contributed by atoms with E-state index in [1.165, 1.54) is 25.2 Å². The highest BCUT2D eigenvalue weighted by Crippen LogP contribution is 2.22. The molecule has 1 aromatic heterocycles. The molecule has 3 heteroatoms. The second kappa shape index (κ2) is 5.28. The summed E-state index contributed by atoms with van der Waals surface area (Å²) in [6, 6.07) is 6.86. The standard InChI is InChI=1S/C13H19BrN2/c1-10(2)16-7-6-11(9-16)8-12-4-3-5-13(14)15-12/h3-5,10-11H,6-9H2,1-2H3.